The fourth-order valence-electron chi connectivity index (χ4n) is 6.85. The second-order valence-corrected chi connectivity index (χ2v) is 15.7. The molecule has 0 heterocycles. The molecule has 0 spiro atoms. The van der Waals surface area contributed by atoms with E-state index in [1.54, 1.807) is 0 Å². The minimum atomic E-state index is -0.756. The molecule has 0 aliphatic carbocycles. The van der Waals surface area contributed by atoms with Gasteiger partial charge in [0.05, 0.1) is 0 Å². The molecule has 6 heteroatoms. The standard InChI is InChI=1S/C46H88O6/c1-4-7-10-13-15-17-19-20-21-22-23-24-25-26-27-29-30-33-36-39-45(48)51-42-43(41-50-44(47)38-35-32-12-9-6-3)52-46(49)40-37-34-31-28-18-16-14-11-8-5-2/h43H,4-42H2,1-3H3/t43-/m0/s1. The van der Waals surface area contributed by atoms with Crippen LogP contribution in [0.25, 0.3) is 0 Å². The van der Waals surface area contributed by atoms with E-state index in [9.17, 15) is 14.4 Å². The van der Waals surface area contributed by atoms with Gasteiger partial charge in [0.15, 0.2) is 6.10 Å². The second kappa shape index (κ2) is 42.2. The number of carbonyl (C=O) groups is 3. The van der Waals surface area contributed by atoms with Crippen molar-refractivity contribution in [2.45, 2.75) is 264 Å². The Morgan fingerprint density at radius 1 is 0.308 bits per heavy atom. The van der Waals surface area contributed by atoms with Crippen LogP contribution in [-0.4, -0.2) is 37.2 Å². The van der Waals surface area contributed by atoms with Crippen LogP contribution in [0.15, 0.2) is 0 Å². The highest BCUT2D eigenvalue weighted by molar-refractivity contribution is 5.71. The highest BCUT2D eigenvalue weighted by Crippen LogP contribution is 2.16. The normalized spacial score (nSPS) is 11.8. The van der Waals surface area contributed by atoms with Gasteiger partial charge in [-0.1, -0.05) is 220 Å². The molecule has 0 aromatic heterocycles. The lowest BCUT2D eigenvalue weighted by atomic mass is 10.0. The summed E-state index contributed by atoms with van der Waals surface area (Å²) in [7, 11) is 0. The SMILES string of the molecule is CCCCCCCCCCCCCCCCCCCCCC(=O)OC[C@H](COC(=O)CCCCCCC)OC(=O)CCCCCCCCCCCC. The quantitative estimate of drug-likeness (QED) is 0.0353. The predicted molar refractivity (Wildman–Crippen MR) is 220 cm³/mol. The first-order valence-electron chi connectivity index (χ1n) is 23.0. The lowest BCUT2D eigenvalue weighted by Crippen LogP contribution is -2.30. The third-order valence-corrected chi connectivity index (χ3v) is 10.4. The predicted octanol–water partition coefficient (Wildman–Crippen LogP) is 14.5. The van der Waals surface area contributed by atoms with E-state index in [1.165, 1.54) is 154 Å². The molecule has 52 heavy (non-hydrogen) atoms. The first kappa shape index (κ1) is 50.4. The maximum atomic E-state index is 12.6. The third-order valence-electron chi connectivity index (χ3n) is 10.4. The molecule has 6 nitrogen and oxygen atoms in total. The summed E-state index contributed by atoms with van der Waals surface area (Å²) in [5, 5.41) is 0. The molecule has 308 valence electrons. The Morgan fingerprint density at radius 2 is 0.519 bits per heavy atom. The Bertz CT molecular complexity index is 768. The van der Waals surface area contributed by atoms with Gasteiger partial charge in [0, 0.05) is 19.3 Å². The van der Waals surface area contributed by atoms with E-state index in [4.69, 9.17) is 14.2 Å². The molecule has 0 radical (unpaired) electrons. The highest BCUT2D eigenvalue weighted by atomic mass is 16.6. The van der Waals surface area contributed by atoms with Gasteiger partial charge in [-0.15, -0.1) is 0 Å². The molecule has 1 atom stereocenters. The fraction of sp³-hybridized carbons (Fsp3) is 0.935. The number of hydrogen-bond donors (Lipinski definition) is 0. The van der Waals surface area contributed by atoms with Gasteiger partial charge < -0.3 is 14.2 Å². The first-order valence-corrected chi connectivity index (χ1v) is 23.0. The average molecular weight is 737 g/mol. The van der Waals surface area contributed by atoms with Crippen LogP contribution in [0.3, 0.4) is 0 Å². The van der Waals surface area contributed by atoms with Crippen molar-refractivity contribution in [3.05, 3.63) is 0 Å². The molecule has 0 amide bonds. The number of rotatable bonds is 42. The number of esters is 3. The Kier molecular flexibility index (Phi) is 40.9. The van der Waals surface area contributed by atoms with Gasteiger partial charge >= 0.3 is 17.9 Å². The van der Waals surface area contributed by atoms with Crippen LogP contribution in [0.4, 0.5) is 0 Å². The summed E-state index contributed by atoms with van der Waals surface area (Å²) in [6, 6.07) is 0. The Hall–Kier alpha value is -1.59. The van der Waals surface area contributed by atoms with Crippen LogP contribution < -0.4 is 0 Å². The van der Waals surface area contributed by atoms with E-state index in [0.29, 0.717) is 19.3 Å². The molecular weight excluding hydrogens is 648 g/mol. The largest absolute Gasteiger partial charge is 0.462 e. The van der Waals surface area contributed by atoms with Crippen LogP contribution in [0.2, 0.25) is 0 Å². The lowest BCUT2D eigenvalue weighted by Gasteiger charge is -2.18. The zero-order valence-corrected chi connectivity index (χ0v) is 35.1. The van der Waals surface area contributed by atoms with Crippen molar-refractivity contribution in [3.8, 4) is 0 Å². The van der Waals surface area contributed by atoms with Gasteiger partial charge in [0.1, 0.15) is 13.2 Å². The van der Waals surface area contributed by atoms with Crippen LogP contribution in [0, 0.1) is 0 Å². The summed E-state index contributed by atoms with van der Waals surface area (Å²) in [4.78, 5) is 37.4. The zero-order valence-electron chi connectivity index (χ0n) is 35.1. The number of hydrogen-bond acceptors (Lipinski definition) is 6. The van der Waals surface area contributed by atoms with E-state index in [2.05, 4.69) is 20.8 Å². The van der Waals surface area contributed by atoms with Crippen LogP contribution in [0.5, 0.6) is 0 Å². The van der Waals surface area contributed by atoms with Gasteiger partial charge in [-0.2, -0.15) is 0 Å². The van der Waals surface area contributed by atoms with Crippen LogP contribution in [0.1, 0.15) is 258 Å². The van der Waals surface area contributed by atoms with Crippen LogP contribution >= 0.6 is 0 Å². The summed E-state index contributed by atoms with van der Waals surface area (Å²) in [5.74, 6) is -0.868. The maximum absolute atomic E-state index is 12.6. The van der Waals surface area contributed by atoms with Crippen molar-refractivity contribution in [2.75, 3.05) is 13.2 Å². The molecule has 0 fully saturated rings. The van der Waals surface area contributed by atoms with Gasteiger partial charge in [0.25, 0.3) is 0 Å². The molecule has 0 aromatic carbocycles. The molecule has 0 aromatic rings. The maximum Gasteiger partial charge on any atom is 0.306 e. The molecule has 0 unspecified atom stereocenters. The van der Waals surface area contributed by atoms with Crippen molar-refractivity contribution in [1.82, 2.24) is 0 Å². The molecule has 0 saturated heterocycles. The molecule has 0 rings (SSSR count). The van der Waals surface area contributed by atoms with Crippen molar-refractivity contribution in [2.24, 2.45) is 0 Å². The van der Waals surface area contributed by atoms with Gasteiger partial charge in [-0.25, -0.2) is 0 Å². The van der Waals surface area contributed by atoms with E-state index < -0.39 is 6.10 Å². The Morgan fingerprint density at radius 3 is 0.769 bits per heavy atom. The highest BCUT2D eigenvalue weighted by Gasteiger charge is 2.19. The molecule has 0 aliphatic rings. The van der Waals surface area contributed by atoms with E-state index in [0.717, 1.165) is 64.2 Å². The first-order chi connectivity index (χ1) is 25.5. The minimum Gasteiger partial charge on any atom is -0.462 e. The Balaban J connectivity index is 4.08. The van der Waals surface area contributed by atoms with Crippen molar-refractivity contribution < 1.29 is 28.6 Å². The number of unbranched alkanes of at least 4 members (excludes halogenated alkanes) is 31. The molecule has 0 N–H and O–H groups in total. The van der Waals surface area contributed by atoms with Crippen molar-refractivity contribution >= 4 is 17.9 Å². The summed E-state index contributed by atoms with van der Waals surface area (Å²) < 4.78 is 16.6. The summed E-state index contributed by atoms with van der Waals surface area (Å²) in [5.41, 5.74) is 0. The minimum absolute atomic E-state index is 0.0640. The molecule has 0 bridgehead atoms. The molecule has 0 aliphatic heterocycles. The van der Waals surface area contributed by atoms with Gasteiger partial charge in [-0.3, -0.25) is 14.4 Å². The van der Waals surface area contributed by atoms with Gasteiger partial charge in [-0.05, 0) is 19.3 Å². The zero-order chi connectivity index (χ0) is 38.0. The van der Waals surface area contributed by atoms with E-state index in [-0.39, 0.29) is 31.1 Å². The van der Waals surface area contributed by atoms with Gasteiger partial charge in [0.2, 0.25) is 0 Å². The molecule has 0 saturated carbocycles. The topological polar surface area (TPSA) is 78.9 Å². The summed E-state index contributed by atoms with van der Waals surface area (Å²) >= 11 is 0. The smallest absolute Gasteiger partial charge is 0.306 e. The van der Waals surface area contributed by atoms with Crippen molar-refractivity contribution in [1.29, 1.82) is 0 Å². The monoisotopic (exact) mass is 737 g/mol. The van der Waals surface area contributed by atoms with E-state index in [1.807, 2.05) is 0 Å². The number of ether oxygens (including phenoxy) is 3. The fourth-order valence-corrected chi connectivity index (χ4v) is 6.85. The lowest BCUT2D eigenvalue weighted by molar-refractivity contribution is -0.167. The van der Waals surface area contributed by atoms with Crippen molar-refractivity contribution in [3.63, 3.8) is 0 Å². The third kappa shape index (κ3) is 39.6. The van der Waals surface area contributed by atoms with Crippen LogP contribution in [-0.2, 0) is 28.6 Å². The Labute approximate surface area is 323 Å². The summed E-state index contributed by atoms with van der Waals surface area (Å²) in [6.07, 6.45) is 42.7. The molecular formula is C46H88O6. The second-order valence-electron chi connectivity index (χ2n) is 15.7. The summed E-state index contributed by atoms with van der Waals surface area (Å²) in [6.45, 7) is 6.56. The average Bonchev–Trinajstić information content (AvgIpc) is 3.14. The van der Waals surface area contributed by atoms with E-state index >= 15 is 0 Å². The number of carbonyl (C=O) groups excluding carboxylic acids is 3.